The van der Waals surface area contributed by atoms with E-state index in [2.05, 4.69) is 27.8 Å². The quantitative estimate of drug-likeness (QED) is 0.498. The first-order chi connectivity index (χ1) is 12.7. The van der Waals surface area contributed by atoms with Crippen LogP contribution in [0.3, 0.4) is 0 Å². The molecule has 6 heteroatoms. The number of aliphatic imine (C=N–C) groups is 1. The van der Waals surface area contributed by atoms with Crippen LogP contribution in [-0.4, -0.2) is 15.2 Å². The molecule has 2 aromatic rings. The van der Waals surface area contributed by atoms with E-state index in [9.17, 15) is 4.79 Å². The molecule has 0 N–H and O–H groups in total. The van der Waals surface area contributed by atoms with Gasteiger partial charge in [-0.1, -0.05) is 64.9 Å². The highest BCUT2D eigenvalue weighted by molar-refractivity contribution is 9.10. The van der Waals surface area contributed by atoms with Gasteiger partial charge in [0.05, 0.1) is 0 Å². The first-order valence-corrected chi connectivity index (χ1v) is 10.9. The smallest absolute Gasteiger partial charge is 0.244 e. The fourth-order valence-corrected chi connectivity index (χ4v) is 4.43. The second-order valence-corrected chi connectivity index (χ2v) is 8.82. The Morgan fingerprint density at radius 1 is 1.23 bits per heavy atom. The number of thioether (sulfide) groups is 2. The number of carbonyl (C=O) groups is 1. The maximum atomic E-state index is 12.2. The van der Waals surface area contributed by atoms with Crippen LogP contribution in [0.2, 0.25) is 0 Å². The Morgan fingerprint density at radius 3 is 2.81 bits per heavy atom. The molecular formula is C20H18BrNO2S2. The van der Waals surface area contributed by atoms with Crippen LogP contribution in [0.5, 0.6) is 5.75 Å². The molecule has 2 aromatic carbocycles. The highest BCUT2D eigenvalue weighted by Gasteiger charge is 2.22. The Labute approximate surface area is 170 Å². The van der Waals surface area contributed by atoms with Crippen molar-refractivity contribution in [2.24, 2.45) is 4.99 Å². The van der Waals surface area contributed by atoms with Gasteiger partial charge in [-0.2, -0.15) is 0 Å². The van der Waals surface area contributed by atoms with Crippen molar-refractivity contribution < 1.29 is 9.53 Å². The number of ether oxygens (including phenoxy) is 1. The third-order valence-electron chi connectivity index (χ3n) is 3.53. The van der Waals surface area contributed by atoms with Crippen molar-refractivity contribution in [2.45, 2.75) is 20.0 Å². The fraction of sp³-hybridized carbons (Fsp3) is 0.200. The largest absolute Gasteiger partial charge is 0.488 e. The summed E-state index contributed by atoms with van der Waals surface area (Å²) in [5, 5.41) is -0.0161. The Bertz CT molecular complexity index is 850. The van der Waals surface area contributed by atoms with Crippen molar-refractivity contribution in [1.29, 1.82) is 0 Å². The number of benzene rings is 2. The molecule has 0 amide bonds. The van der Waals surface area contributed by atoms with Gasteiger partial charge in [-0.3, -0.25) is 4.79 Å². The van der Waals surface area contributed by atoms with Crippen molar-refractivity contribution in [3.8, 4) is 5.75 Å². The van der Waals surface area contributed by atoms with Gasteiger partial charge in [0.2, 0.25) is 5.12 Å². The summed E-state index contributed by atoms with van der Waals surface area (Å²) in [5.41, 5.74) is 2.40. The number of hydrogen-bond acceptors (Lipinski definition) is 5. The first kappa shape index (κ1) is 19.3. The third kappa shape index (κ3) is 5.25. The van der Waals surface area contributed by atoms with Gasteiger partial charge in [-0.25, -0.2) is 4.99 Å². The van der Waals surface area contributed by atoms with Crippen molar-refractivity contribution in [1.82, 2.24) is 0 Å². The van der Waals surface area contributed by atoms with E-state index in [1.807, 2.05) is 48.5 Å². The maximum Gasteiger partial charge on any atom is 0.244 e. The lowest BCUT2D eigenvalue weighted by Crippen LogP contribution is -1.97. The molecule has 0 radical (unpaired) electrons. The molecule has 0 bridgehead atoms. The molecule has 26 heavy (non-hydrogen) atoms. The molecule has 0 aromatic heterocycles. The summed E-state index contributed by atoms with van der Waals surface area (Å²) in [6, 6.07) is 15.8. The van der Waals surface area contributed by atoms with Crippen LogP contribution in [0.15, 0.2) is 63.7 Å². The number of carbonyl (C=O) groups excluding carboxylic acids is 1. The molecule has 1 heterocycles. The number of halogens is 1. The van der Waals surface area contributed by atoms with Crippen molar-refractivity contribution >= 4 is 55.0 Å². The summed E-state index contributed by atoms with van der Waals surface area (Å²) in [4.78, 5) is 16.7. The minimum absolute atomic E-state index is 0.0161. The molecule has 0 saturated carbocycles. The molecule has 0 spiro atoms. The highest BCUT2D eigenvalue weighted by atomic mass is 79.9. The SMILES string of the molecule is CCCSC1=NC(=Cc2cc(Br)ccc2OCc2ccccc2)C(=O)S1. The Morgan fingerprint density at radius 2 is 2.04 bits per heavy atom. The molecule has 0 fully saturated rings. The summed E-state index contributed by atoms with van der Waals surface area (Å²) in [6.45, 7) is 2.59. The topological polar surface area (TPSA) is 38.7 Å². The summed E-state index contributed by atoms with van der Waals surface area (Å²) < 4.78 is 7.73. The van der Waals surface area contributed by atoms with Crippen LogP contribution in [0.25, 0.3) is 6.08 Å². The van der Waals surface area contributed by atoms with Gasteiger partial charge >= 0.3 is 0 Å². The van der Waals surface area contributed by atoms with E-state index < -0.39 is 0 Å². The second kappa shape index (κ2) is 9.44. The van der Waals surface area contributed by atoms with Gasteiger partial charge in [-0.15, -0.1) is 0 Å². The molecule has 0 aliphatic carbocycles. The molecular weight excluding hydrogens is 430 g/mol. The number of rotatable bonds is 6. The molecule has 1 aliphatic rings. The van der Waals surface area contributed by atoms with Crippen LogP contribution in [0.1, 0.15) is 24.5 Å². The standard InChI is InChI=1S/C20H18BrNO2S2/c1-2-10-25-20-22-17(19(23)26-20)12-15-11-16(21)8-9-18(15)24-13-14-6-4-3-5-7-14/h3-9,11-12H,2,10,13H2,1H3. The predicted octanol–water partition coefficient (Wildman–Crippen LogP) is 6.14. The van der Waals surface area contributed by atoms with Crippen molar-refractivity contribution in [2.75, 3.05) is 5.75 Å². The summed E-state index contributed by atoms with van der Waals surface area (Å²) in [7, 11) is 0. The van der Waals surface area contributed by atoms with Crippen LogP contribution in [0, 0.1) is 0 Å². The van der Waals surface area contributed by atoms with E-state index in [4.69, 9.17) is 4.74 Å². The lowest BCUT2D eigenvalue weighted by atomic mass is 10.1. The van der Waals surface area contributed by atoms with Crippen LogP contribution >= 0.6 is 39.5 Å². The van der Waals surface area contributed by atoms with Gasteiger partial charge in [-0.05, 0) is 53.8 Å². The van der Waals surface area contributed by atoms with Gasteiger partial charge in [0, 0.05) is 10.0 Å². The molecule has 0 saturated heterocycles. The Balaban J connectivity index is 1.81. The Hall–Kier alpha value is -1.50. The zero-order valence-electron chi connectivity index (χ0n) is 14.3. The molecule has 1 aliphatic heterocycles. The van der Waals surface area contributed by atoms with E-state index in [1.54, 1.807) is 17.8 Å². The second-order valence-electron chi connectivity index (χ2n) is 5.60. The van der Waals surface area contributed by atoms with E-state index >= 15 is 0 Å². The summed E-state index contributed by atoms with van der Waals surface area (Å²) >= 11 is 6.32. The monoisotopic (exact) mass is 447 g/mol. The minimum atomic E-state index is -0.0161. The zero-order valence-corrected chi connectivity index (χ0v) is 17.5. The molecule has 3 nitrogen and oxygen atoms in total. The van der Waals surface area contributed by atoms with Crippen LogP contribution in [0.4, 0.5) is 0 Å². The molecule has 134 valence electrons. The lowest BCUT2D eigenvalue weighted by Gasteiger charge is -2.10. The van der Waals surface area contributed by atoms with Crippen LogP contribution in [-0.2, 0) is 11.4 Å². The average molecular weight is 448 g/mol. The van der Waals surface area contributed by atoms with Crippen molar-refractivity contribution in [3.63, 3.8) is 0 Å². The van der Waals surface area contributed by atoms with Gasteiger partial charge < -0.3 is 4.74 Å². The number of hydrogen-bond donors (Lipinski definition) is 0. The van der Waals surface area contributed by atoms with E-state index in [0.29, 0.717) is 12.3 Å². The lowest BCUT2D eigenvalue weighted by molar-refractivity contribution is -0.107. The zero-order chi connectivity index (χ0) is 18.4. The van der Waals surface area contributed by atoms with Gasteiger partial charge in [0.15, 0.2) is 0 Å². The number of nitrogens with zero attached hydrogens (tertiary/aromatic N) is 1. The summed E-state index contributed by atoms with van der Waals surface area (Å²) in [5.74, 6) is 1.70. The fourth-order valence-electron chi connectivity index (χ4n) is 2.29. The molecule has 0 unspecified atom stereocenters. The molecule has 0 atom stereocenters. The molecule has 3 rings (SSSR count). The normalized spacial score (nSPS) is 15.4. The van der Waals surface area contributed by atoms with Gasteiger partial charge in [0.25, 0.3) is 0 Å². The highest BCUT2D eigenvalue weighted by Crippen LogP contribution is 2.33. The van der Waals surface area contributed by atoms with Crippen molar-refractivity contribution in [3.05, 3.63) is 69.8 Å². The van der Waals surface area contributed by atoms with Crippen LogP contribution < -0.4 is 4.74 Å². The minimum Gasteiger partial charge on any atom is -0.488 e. The summed E-state index contributed by atoms with van der Waals surface area (Å²) in [6.07, 6.45) is 2.86. The predicted molar refractivity (Wildman–Crippen MR) is 116 cm³/mol. The van der Waals surface area contributed by atoms with E-state index in [0.717, 1.165) is 37.9 Å². The first-order valence-electron chi connectivity index (χ1n) is 8.27. The maximum absolute atomic E-state index is 12.2. The van der Waals surface area contributed by atoms with E-state index in [-0.39, 0.29) is 5.12 Å². The average Bonchev–Trinajstić information content (AvgIpc) is 2.99. The Kier molecular flexibility index (Phi) is 7.00. The third-order valence-corrected chi connectivity index (χ3v) is 6.24. The van der Waals surface area contributed by atoms with E-state index in [1.165, 1.54) is 11.8 Å². The van der Waals surface area contributed by atoms with Gasteiger partial charge in [0.1, 0.15) is 22.4 Å².